The Labute approximate surface area is 261 Å². The summed E-state index contributed by atoms with van der Waals surface area (Å²) in [5.41, 5.74) is 0. The van der Waals surface area contributed by atoms with Gasteiger partial charge in [0.2, 0.25) is 0 Å². The Bertz CT molecular complexity index is 745. The van der Waals surface area contributed by atoms with E-state index in [-0.39, 0.29) is 42.4 Å². The molecule has 0 amide bonds. The molecule has 0 aromatic carbocycles. The van der Waals surface area contributed by atoms with E-state index in [4.69, 9.17) is 9.47 Å². The summed E-state index contributed by atoms with van der Waals surface area (Å²) in [6, 6.07) is 0. The van der Waals surface area contributed by atoms with Crippen LogP contribution in [-0.2, 0) is 19.1 Å². The number of esters is 1. The van der Waals surface area contributed by atoms with Crippen molar-refractivity contribution >= 4 is 11.8 Å². The largest absolute Gasteiger partial charge is 0.462 e. The van der Waals surface area contributed by atoms with Gasteiger partial charge in [0, 0.05) is 6.42 Å². The van der Waals surface area contributed by atoms with Crippen molar-refractivity contribution in [2.24, 2.45) is 5.92 Å². The third-order valence-corrected chi connectivity index (χ3v) is 9.47. The zero-order chi connectivity index (χ0) is 31.5. The van der Waals surface area contributed by atoms with Gasteiger partial charge in [-0.2, -0.15) is 0 Å². The van der Waals surface area contributed by atoms with E-state index in [0.29, 0.717) is 32.1 Å². The molecule has 0 aromatic rings. The second kappa shape index (κ2) is 22.4. The highest BCUT2D eigenvalue weighted by Crippen LogP contribution is 2.29. The average molecular weight is 613 g/mol. The highest BCUT2D eigenvalue weighted by atomic mass is 16.6. The molecular formula is C35H64O8. The average Bonchev–Trinajstić information content (AvgIpc) is 3.61. The lowest BCUT2D eigenvalue weighted by molar-refractivity contribution is -0.145. The quantitative estimate of drug-likeness (QED) is 0.0659. The van der Waals surface area contributed by atoms with Gasteiger partial charge in [-0.15, -0.1) is 0 Å². The lowest BCUT2D eigenvalue weighted by Crippen LogP contribution is -2.33. The molecule has 2 aliphatic heterocycles. The zero-order valence-corrected chi connectivity index (χ0v) is 27.3. The minimum Gasteiger partial charge on any atom is -0.462 e. The Morgan fingerprint density at radius 3 is 1.84 bits per heavy atom. The predicted molar refractivity (Wildman–Crippen MR) is 169 cm³/mol. The Morgan fingerprint density at radius 2 is 1.23 bits per heavy atom. The maximum atomic E-state index is 11.8. The van der Waals surface area contributed by atoms with E-state index in [1.54, 1.807) is 0 Å². The fourth-order valence-corrected chi connectivity index (χ4v) is 6.69. The van der Waals surface area contributed by atoms with E-state index in [9.17, 15) is 30.0 Å². The molecule has 2 saturated heterocycles. The SMILES string of the molecule is CCCCCCCCCCCC[C@@H](O)[C@H]1CC[C@H]([C@H](O)CCC(O)C(O)CCCCCC[C@@H]2C[C@@H](CC(C)=O)C(=O)O2)O1. The number of ketones is 1. The van der Waals surface area contributed by atoms with Gasteiger partial charge in [0.05, 0.1) is 42.5 Å². The molecule has 2 unspecified atom stereocenters. The standard InChI is InChI=1S/C35H64O8/c1-3-4-5-6-7-8-9-10-11-16-19-31(39)33-22-23-34(43-33)32(40)21-20-30(38)29(37)18-15-13-12-14-17-28-25-27(24-26(2)36)35(41)42-28/h27-34,37-40H,3-25H2,1-2H3/t27-,28-,29?,30?,31-,32-,33-,34-/m1/s1. The Morgan fingerprint density at radius 1 is 0.721 bits per heavy atom. The molecule has 43 heavy (non-hydrogen) atoms. The zero-order valence-electron chi connectivity index (χ0n) is 27.3. The van der Waals surface area contributed by atoms with Crippen LogP contribution in [0, 0.1) is 5.92 Å². The fourth-order valence-electron chi connectivity index (χ4n) is 6.69. The molecule has 0 bridgehead atoms. The van der Waals surface area contributed by atoms with E-state index in [2.05, 4.69) is 6.92 Å². The van der Waals surface area contributed by atoms with E-state index in [0.717, 1.165) is 57.8 Å². The predicted octanol–water partition coefficient (Wildman–Crippen LogP) is 6.32. The first-order valence-electron chi connectivity index (χ1n) is 17.8. The number of unbranched alkanes of at least 4 members (excludes halogenated alkanes) is 12. The van der Waals surface area contributed by atoms with Gasteiger partial charge in [-0.05, 0) is 64.7 Å². The number of aliphatic hydroxyl groups excluding tert-OH is 4. The number of aliphatic hydroxyl groups is 4. The minimum atomic E-state index is -0.884. The first kappa shape index (κ1) is 38.1. The molecule has 0 aromatic heterocycles. The second-order valence-corrected chi connectivity index (χ2v) is 13.5. The first-order valence-corrected chi connectivity index (χ1v) is 17.8. The molecule has 8 nitrogen and oxygen atoms in total. The highest BCUT2D eigenvalue weighted by molar-refractivity contribution is 5.83. The maximum Gasteiger partial charge on any atom is 0.309 e. The number of rotatable bonds is 26. The molecule has 2 fully saturated rings. The Balaban J connectivity index is 1.46. The van der Waals surface area contributed by atoms with Gasteiger partial charge in [-0.25, -0.2) is 0 Å². The molecule has 0 radical (unpaired) electrons. The van der Waals surface area contributed by atoms with Crippen molar-refractivity contribution in [2.75, 3.05) is 0 Å². The van der Waals surface area contributed by atoms with Gasteiger partial charge < -0.3 is 34.7 Å². The smallest absolute Gasteiger partial charge is 0.309 e. The molecule has 0 aliphatic carbocycles. The molecule has 0 spiro atoms. The van der Waals surface area contributed by atoms with Gasteiger partial charge in [0.15, 0.2) is 0 Å². The molecule has 4 N–H and O–H groups in total. The molecule has 2 aliphatic rings. The Kier molecular flexibility index (Phi) is 19.9. The molecule has 2 heterocycles. The van der Waals surface area contributed by atoms with Gasteiger partial charge in [-0.1, -0.05) is 90.4 Å². The van der Waals surface area contributed by atoms with Crippen LogP contribution in [0.5, 0.6) is 0 Å². The van der Waals surface area contributed by atoms with Crippen LogP contribution in [-0.4, -0.2) is 74.9 Å². The summed E-state index contributed by atoms with van der Waals surface area (Å²) in [5.74, 6) is -0.521. The molecule has 0 saturated carbocycles. The summed E-state index contributed by atoms with van der Waals surface area (Å²) in [6.45, 7) is 3.74. The Hall–Kier alpha value is -1.06. The van der Waals surface area contributed by atoms with Crippen molar-refractivity contribution in [3.63, 3.8) is 0 Å². The summed E-state index contributed by atoms with van der Waals surface area (Å²) in [7, 11) is 0. The third kappa shape index (κ3) is 16.2. The van der Waals surface area contributed by atoms with Crippen molar-refractivity contribution in [3.8, 4) is 0 Å². The summed E-state index contributed by atoms with van der Waals surface area (Å²) < 4.78 is 11.4. The van der Waals surface area contributed by atoms with Gasteiger partial charge in [-0.3, -0.25) is 4.79 Å². The normalized spacial score (nSPS) is 25.0. The van der Waals surface area contributed by atoms with Crippen LogP contribution >= 0.6 is 0 Å². The van der Waals surface area contributed by atoms with Crippen LogP contribution in [0.15, 0.2) is 0 Å². The van der Waals surface area contributed by atoms with Crippen LogP contribution in [0.1, 0.15) is 162 Å². The third-order valence-electron chi connectivity index (χ3n) is 9.47. The highest BCUT2D eigenvalue weighted by Gasteiger charge is 2.35. The lowest BCUT2D eigenvalue weighted by Gasteiger charge is -2.24. The van der Waals surface area contributed by atoms with Crippen LogP contribution in [0.25, 0.3) is 0 Å². The number of hydrogen-bond acceptors (Lipinski definition) is 8. The van der Waals surface area contributed by atoms with Crippen LogP contribution in [0.2, 0.25) is 0 Å². The number of hydrogen-bond donors (Lipinski definition) is 4. The van der Waals surface area contributed by atoms with Crippen molar-refractivity contribution in [1.82, 2.24) is 0 Å². The number of Topliss-reactive ketones (excluding diaryl/α,β-unsaturated/α-hetero) is 1. The van der Waals surface area contributed by atoms with E-state index in [1.807, 2.05) is 0 Å². The van der Waals surface area contributed by atoms with E-state index < -0.39 is 24.4 Å². The number of cyclic esters (lactones) is 1. The van der Waals surface area contributed by atoms with Crippen molar-refractivity contribution < 1.29 is 39.5 Å². The van der Waals surface area contributed by atoms with Crippen molar-refractivity contribution in [3.05, 3.63) is 0 Å². The summed E-state index contributed by atoms with van der Waals surface area (Å²) in [6.07, 6.45) is 17.8. The van der Waals surface area contributed by atoms with Gasteiger partial charge in [0.1, 0.15) is 11.9 Å². The minimum absolute atomic E-state index is 0.0169. The van der Waals surface area contributed by atoms with Crippen LogP contribution in [0.4, 0.5) is 0 Å². The monoisotopic (exact) mass is 612 g/mol. The molecule has 252 valence electrons. The molecule has 2 rings (SSSR count). The van der Waals surface area contributed by atoms with Gasteiger partial charge in [0.25, 0.3) is 0 Å². The van der Waals surface area contributed by atoms with E-state index >= 15 is 0 Å². The van der Waals surface area contributed by atoms with Crippen LogP contribution in [0.3, 0.4) is 0 Å². The summed E-state index contributed by atoms with van der Waals surface area (Å²) >= 11 is 0. The topological polar surface area (TPSA) is 134 Å². The molecular weight excluding hydrogens is 548 g/mol. The van der Waals surface area contributed by atoms with Crippen LogP contribution < -0.4 is 0 Å². The number of carbonyl (C=O) groups is 2. The number of carbonyl (C=O) groups excluding carboxylic acids is 2. The lowest BCUT2D eigenvalue weighted by atomic mass is 9.96. The van der Waals surface area contributed by atoms with Crippen molar-refractivity contribution in [1.29, 1.82) is 0 Å². The molecule has 8 heteroatoms. The van der Waals surface area contributed by atoms with Crippen molar-refractivity contribution in [2.45, 2.75) is 204 Å². The van der Waals surface area contributed by atoms with Gasteiger partial charge >= 0.3 is 5.97 Å². The fraction of sp³-hybridized carbons (Fsp3) is 0.943. The molecule has 8 atom stereocenters. The van der Waals surface area contributed by atoms with E-state index in [1.165, 1.54) is 58.3 Å². The number of ether oxygens (including phenoxy) is 2. The summed E-state index contributed by atoms with van der Waals surface area (Å²) in [5, 5.41) is 42.0. The first-order chi connectivity index (χ1) is 20.7. The maximum absolute atomic E-state index is 11.8. The second-order valence-electron chi connectivity index (χ2n) is 13.5. The summed E-state index contributed by atoms with van der Waals surface area (Å²) in [4.78, 5) is 23.1.